The van der Waals surface area contributed by atoms with Gasteiger partial charge >= 0.3 is 0 Å². The van der Waals surface area contributed by atoms with E-state index in [0.29, 0.717) is 11.7 Å². The van der Waals surface area contributed by atoms with Gasteiger partial charge in [0.05, 0.1) is 5.75 Å². The monoisotopic (exact) mass is 264 g/mol. The quantitative estimate of drug-likeness (QED) is 0.674. The second-order valence-electron chi connectivity index (χ2n) is 4.94. The second-order valence-corrected chi connectivity index (χ2v) is 5.99. The van der Waals surface area contributed by atoms with E-state index in [1.165, 1.54) is 6.42 Å². The number of piperidine rings is 1. The van der Waals surface area contributed by atoms with Crippen LogP contribution in [0.2, 0.25) is 0 Å². The molecule has 1 atom stereocenters. The second kappa shape index (κ2) is 6.14. The molecule has 2 rings (SSSR count). The third-order valence-electron chi connectivity index (χ3n) is 3.25. The minimum Gasteiger partial charge on any atom is -0.399 e. The Bertz CT molecular complexity index is 405. The zero-order chi connectivity index (χ0) is 13.0. The van der Waals surface area contributed by atoms with E-state index in [1.54, 1.807) is 11.8 Å². The Kier molecular flexibility index (Phi) is 4.53. The number of hydrogen-bond donors (Lipinski definition) is 1. The number of amides is 1. The summed E-state index contributed by atoms with van der Waals surface area (Å²) in [5, 5.41) is 0. The molecule has 1 aromatic rings. The van der Waals surface area contributed by atoms with Crippen molar-refractivity contribution in [3.63, 3.8) is 0 Å². The van der Waals surface area contributed by atoms with E-state index in [-0.39, 0.29) is 5.91 Å². The SMILES string of the molecule is CC1CCCN(C(=O)CSc2ccc(N)cc2)C1. The molecule has 0 spiro atoms. The third-order valence-corrected chi connectivity index (χ3v) is 4.25. The minimum atomic E-state index is 0.253. The summed E-state index contributed by atoms with van der Waals surface area (Å²) in [5.41, 5.74) is 6.39. The Morgan fingerprint density at radius 1 is 1.44 bits per heavy atom. The lowest BCUT2D eigenvalue weighted by Gasteiger charge is -2.30. The van der Waals surface area contributed by atoms with E-state index < -0.39 is 0 Å². The first kappa shape index (κ1) is 13.3. The molecular formula is C14H20N2OS. The molecule has 0 radical (unpaired) electrons. The van der Waals surface area contributed by atoms with Gasteiger partial charge in [-0.05, 0) is 43.0 Å². The van der Waals surface area contributed by atoms with Gasteiger partial charge in [0.2, 0.25) is 5.91 Å². The summed E-state index contributed by atoms with van der Waals surface area (Å²) < 4.78 is 0. The molecule has 0 aliphatic carbocycles. The number of likely N-dealkylation sites (tertiary alicyclic amines) is 1. The first-order valence-corrected chi connectivity index (χ1v) is 7.40. The number of benzene rings is 1. The van der Waals surface area contributed by atoms with Gasteiger partial charge < -0.3 is 10.6 Å². The summed E-state index contributed by atoms with van der Waals surface area (Å²) >= 11 is 1.59. The molecule has 1 saturated heterocycles. The average molecular weight is 264 g/mol. The Morgan fingerprint density at radius 3 is 2.83 bits per heavy atom. The Labute approximate surface area is 113 Å². The first-order valence-electron chi connectivity index (χ1n) is 6.41. The number of nitrogens with zero attached hydrogens (tertiary/aromatic N) is 1. The Morgan fingerprint density at radius 2 is 2.17 bits per heavy atom. The summed E-state index contributed by atoms with van der Waals surface area (Å²) in [6.07, 6.45) is 2.38. The molecule has 1 amide bonds. The lowest BCUT2D eigenvalue weighted by atomic mass is 10.0. The third kappa shape index (κ3) is 3.67. The van der Waals surface area contributed by atoms with E-state index in [0.717, 1.165) is 30.1 Å². The predicted octanol–water partition coefficient (Wildman–Crippen LogP) is 2.62. The molecule has 1 aromatic carbocycles. The molecule has 0 aromatic heterocycles. The van der Waals surface area contributed by atoms with Crippen molar-refractivity contribution in [3.05, 3.63) is 24.3 Å². The van der Waals surface area contributed by atoms with Gasteiger partial charge in [0.1, 0.15) is 0 Å². The number of nitrogen functional groups attached to an aromatic ring is 1. The molecule has 1 unspecified atom stereocenters. The van der Waals surface area contributed by atoms with Crippen LogP contribution in [0.25, 0.3) is 0 Å². The van der Waals surface area contributed by atoms with Crippen molar-refractivity contribution in [1.82, 2.24) is 4.90 Å². The lowest BCUT2D eigenvalue weighted by molar-refractivity contribution is -0.130. The van der Waals surface area contributed by atoms with Crippen LogP contribution >= 0.6 is 11.8 Å². The summed E-state index contributed by atoms with van der Waals surface area (Å²) in [4.78, 5) is 15.2. The van der Waals surface area contributed by atoms with E-state index in [1.807, 2.05) is 29.2 Å². The van der Waals surface area contributed by atoms with Gasteiger partial charge in [-0.1, -0.05) is 6.92 Å². The van der Waals surface area contributed by atoms with Gasteiger partial charge in [0.15, 0.2) is 0 Å². The number of hydrogen-bond acceptors (Lipinski definition) is 3. The predicted molar refractivity (Wildman–Crippen MR) is 76.6 cm³/mol. The summed E-state index contributed by atoms with van der Waals surface area (Å²) in [5.74, 6) is 1.42. The van der Waals surface area contributed by atoms with E-state index in [9.17, 15) is 4.79 Å². The van der Waals surface area contributed by atoms with Crippen LogP contribution in [0.15, 0.2) is 29.2 Å². The Balaban J connectivity index is 1.82. The van der Waals surface area contributed by atoms with Crippen molar-refractivity contribution in [3.8, 4) is 0 Å². The fourth-order valence-corrected chi connectivity index (χ4v) is 3.02. The number of rotatable bonds is 3. The molecular weight excluding hydrogens is 244 g/mol. The smallest absolute Gasteiger partial charge is 0.232 e. The van der Waals surface area contributed by atoms with Crippen LogP contribution in [0.3, 0.4) is 0 Å². The van der Waals surface area contributed by atoms with Crippen LogP contribution in [0.4, 0.5) is 5.69 Å². The number of carbonyl (C=O) groups is 1. The standard InChI is InChI=1S/C14H20N2OS/c1-11-3-2-8-16(9-11)14(17)10-18-13-6-4-12(15)5-7-13/h4-7,11H,2-3,8-10,15H2,1H3. The van der Waals surface area contributed by atoms with Crippen LogP contribution in [0, 0.1) is 5.92 Å². The fraction of sp³-hybridized carbons (Fsp3) is 0.500. The van der Waals surface area contributed by atoms with Crippen molar-refractivity contribution < 1.29 is 4.79 Å². The van der Waals surface area contributed by atoms with Crippen molar-refractivity contribution in [1.29, 1.82) is 0 Å². The van der Waals surface area contributed by atoms with Crippen LogP contribution in [-0.2, 0) is 4.79 Å². The molecule has 4 heteroatoms. The van der Waals surface area contributed by atoms with Crippen LogP contribution in [-0.4, -0.2) is 29.6 Å². The van der Waals surface area contributed by atoms with Crippen LogP contribution < -0.4 is 5.73 Å². The van der Waals surface area contributed by atoms with Crippen molar-refractivity contribution >= 4 is 23.4 Å². The van der Waals surface area contributed by atoms with Gasteiger partial charge in [-0.15, -0.1) is 11.8 Å². The van der Waals surface area contributed by atoms with E-state index >= 15 is 0 Å². The number of thioether (sulfide) groups is 1. The average Bonchev–Trinajstić information content (AvgIpc) is 2.38. The first-order chi connectivity index (χ1) is 8.65. The highest BCUT2D eigenvalue weighted by molar-refractivity contribution is 8.00. The highest BCUT2D eigenvalue weighted by atomic mass is 32.2. The van der Waals surface area contributed by atoms with E-state index in [4.69, 9.17) is 5.73 Å². The molecule has 1 fully saturated rings. The maximum Gasteiger partial charge on any atom is 0.232 e. The molecule has 1 aliphatic heterocycles. The van der Waals surface area contributed by atoms with Gasteiger partial charge in [-0.3, -0.25) is 4.79 Å². The molecule has 98 valence electrons. The molecule has 0 saturated carbocycles. The summed E-state index contributed by atoms with van der Waals surface area (Å²) in [7, 11) is 0. The highest BCUT2D eigenvalue weighted by Crippen LogP contribution is 2.21. The van der Waals surface area contributed by atoms with Crippen LogP contribution in [0.1, 0.15) is 19.8 Å². The Hall–Kier alpha value is -1.16. The fourth-order valence-electron chi connectivity index (χ4n) is 2.22. The number of nitrogens with two attached hydrogens (primary N) is 1. The molecule has 0 bridgehead atoms. The molecule has 3 nitrogen and oxygen atoms in total. The highest BCUT2D eigenvalue weighted by Gasteiger charge is 2.20. The summed E-state index contributed by atoms with van der Waals surface area (Å²) in [6.45, 7) is 4.05. The molecule has 1 heterocycles. The lowest BCUT2D eigenvalue weighted by Crippen LogP contribution is -2.40. The normalized spacial score (nSPS) is 19.8. The largest absolute Gasteiger partial charge is 0.399 e. The van der Waals surface area contributed by atoms with Crippen molar-refractivity contribution in [2.45, 2.75) is 24.7 Å². The van der Waals surface area contributed by atoms with Crippen LogP contribution in [0.5, 0.6) is 0 Å². The zero-order valence-electron chi connectivity index (χ0n) is 10.8. The van der Waals surface area contributed by atoms with Gasteiger partial charge in [-0.25, -0.2) is 0 Å². The van der Waals surface area contributed by atoms with Crippen molar-refractivity contribution in [2.75, 3.05) is 24.6 Å². The van der Waals surface area contributed by atoms with Gasteiger partial charge in [0.25, 0.3) is 0 Å². The van der Waals surface area contributed by atoms with Crippen molar-refractivity contribution in [2.24, 2.45) is 5.92 Å². The van der Waals surface area contributed by atoms with Gasteiger partial charge in [0, 0.05) is 23.7 Å². The maximum absolute atomic E-state index is 12.1. The topological polar surface area (TPSA) is 46.3 Å². The van der Waals surface area contributed by atoms with Gasteiger partial charge in [-0.2, -0.15) is 0 Å². The number of anilines is 1. The molecule has 1 aliphatic rings. The number of carbonyl (C=O) groups excluding carboxylic acids is 1. The molecule has 18 heavy (non-hydrogen) atoms. The summed E-state index contributed by atoms with van der Waals surface area (Å²) in [6, 6.07) is 7.67. The minimum absolute atomic E-state index is 0.253. The maximum atomic E-state index is 12.1. The van der Waals surface area contributed by atoms with E-state index in [2.05, 4.69) is 6.92 Å². The molecule has 2 N–H and O–H groups in total. The zero-order valence-corrected chi connectivity index (χ0v) is 11.6.